The van der Waals surface area contributed by atoms with Crippen LogP contribution in [0.15, 0.2) is 30.3 Å². The van der Waals surface area contributed by atoms with Gasteiger partial charge in [0.15, 0.2) is 5.82 Å². The average Bonchev–Trinajstić information content (AvgIpc) is 3.05. The highest BCUT2D eigenvalue weighted by molar-refractivity contribution is 5.20. The van der Waals surface area contributed by atoms with E-state index in [1.54, 1.807) is 0 Å². The Morgan fingerprint density at radius 2 is 1.95 bits per heavy atom. The van der Waals surface area contributed by atoms with Gasteiger partial charge in [-0.1, -0.05) is 30.3 Å². The van der Waals surface area contributed by atoms with Gasteiger partial charge in [-0.2, -0.15) is 0 Å². The summed E-state index contributed by atoms with van der Waals surface area (Å²) in [5.74, 6) is 1.02. The van der Waals surface area contributed by atoms with Crippen molar-refractivity contribution in [3.63, 3.8) is 0 Å². The first-order chi connectivity index (χ1) is 9.92. The Morgan fingerprint density at radius 1 is 1.10 bits per heavy atom. The SMILES string of the molecule is c1ccc([C@@H]2CCCN2Cc2nnnn2C2CC2)cc1. The van der Waals surface area contributed by atoms with E-state index in [2.05, 4.69) is 50.8 Å². The highest BCUT2D eigenvalue weighted by atomic mass is 15.6. The van der Waals surface area contributed by atoms with Crippen molar-refractivity contribution >= 4 is 0 Å². The summed E-state index contributed by atoms with van der Waals surface area (Å²) in [7, 11) is 0. The summed E-state index contributed by atoms with van der Waals surface area (Å²) >= 11 is 0. The normalized spacial score (nSPS) is 23.3. The largest absolute Gasteiger partial charge is 0.289 e. The van der Waals surface area contributed by atoms with Crippen LogP contribution in [-0.2, 0) is 6.54 Å². The second-order valence-electron chi connectivity index (χ2n) is 5.81. The predicted molar refractivity (Wildman–Crippen MR) is 74.9 cm³/mol. The zero-order valence-corrected chi connectivity index (χ0v) is 11.5. The van der Waals surface area contributed by atoms with Crippen molar-refractivity contribution in [2.24, 2.45) is 0 Å². The Hall–Kier alpha value is -1.75. The topological polar surface area (TPSA) is 46.8 Å². The van der Waals surface area contributed by atoms with E-state index in [9.17, 15) is 0 Å². The van der Waals surface area contributed by atoms with Crippen LogP contribution in [0.3, 0.4) is 0 Å². The van der Waals surface area contributed by atoms with Crippen LogP contribution in [0.2, 0.25) is 0 Å². The van der Waals surface area contributed by atoms with Gasteiger partial charge >= 0.3 is 0 Å². The van der Waals surface area contributed by atoms with E-state index in [1.807, 2.05) is 4.68 Å². The molecule has 104 valence electrons. The summed E-state index contributed by atoms with van der Waals surface area (Å²) < 4.78 is 2.03. The molecule has 1 saturated heterocycles. The summed E-state index contributed by atoms with van der Waals surface area (Å²) in [4.78, 5) is 2.51. The summed E-state index contributed by atoms with van der Waals surface area (Å²) in [5, 5.41) is 12.2. The van der Waals surface area contributed by atoms with E-state index in [4.69, 9.17) is 0 Å². The van der Waals surface area contributed by atoms with Crippen molar-refractivity contribution in [2.45, 2.75) is 44.3 Å². The van der Waals surface area contributed by atoms with Gasteiger partial charge in [0.05, 0.1) is 12.6 Å². The summed E-state index contributed by atoms with van der Waals surface area (Å²) in [6.45, 7) is 2.00. The molecular weight excluding hydrogens is 250 g/mol. The number of nitrogens with zero attached hydrogens (tertiary/aromatic N) is 5. The van der Waals surface area contributed by atoms with Gasteiger partial charge < -0.3 is 0 Å². The van der Waals surface area contributed by atoms with Crippen LogP contribution in [0.5, 0.6) is 0 Å². The van der Waals surface area contributed by atoms with E-state index in [-0.39, 0.29) is 0 Å². The molecule has 0 bridgehead atoms. The number of hydrogen-bond donors (Lipinski definition) is 0. The van der Waals surface area contributed by atoms with Gasteiger partial charge in [0.2, 0.25) is 0 Å². The minimum atomic E-state index is 0.514. The first kappa shape index (κ1) is 12.0. The van der Waals surface area contributed by atoms with Gasteiger partial charge in [-0.3, -0.25) is 4.90 Å². The zero-order chi connectivity index (χ0) is 13.4. The molecule has 2 fully saturated rings. The molecule has 2 aliphatic rings. The minimum absolute atomic E-state index is 0.514. The van der Waals surface area contributed by atoms with Crippen LogP contribution in [0.1, 0.15) is 49.2 Å². The minimum Gasteiger partial charge on any atom is -0.289 e. The lowest BCUT2D eigenvalue weighted by atomic mass is 10.0. The van der Waals surface area contributed by atoms with Gasteiger partial charge in [0.25, 0.3) is 0 Å². The molecule has 1 aliphatic carbocycles. The predicted octanol–water partition coefficient (Wildman–Crippen LogP) is 2.35. The lowest BCUT2D eigenvalue weighted by molar-refractivity contribution is 0.237. The Kier molecular flexibility index (Phi) is 2.99. The van der Waals surface area contributed by atoms with Crippen LogP contribution in [0, 0.1) is 0 Å². The first-order valence-corrected chi connectivity index (χ1v) is 7.47. The van der Waals surface area contributed by atoms with E-state index in [0.717, 1.165) is 18.9 Å². The Bertz CT molecular complexity index is 575. The average molecular weight is 269 g/mol. The molecule has 0 radical (unpaired) electrons. The van der Waals surface area contributed by atoms with E-state index in [0.29, 0.717) is 12.1 Å². The number of hydrogen-bond acceptors (Lipinski definition) is 4. The fourth-order valence-corrected chi connectivity index (χ4v) is 3.17. The van der Waals surface area contributed by atoms with Crippen molar-refractivity contribution in [3.05, 3.63) is 41.7 Å². The maximum absolute atomic E-state index is 4.23. The third-order valence-corrected chi connectivity index (χ3v) is 4.35. The van der Waals surface area contributed by atoms with Crippen LogP contribution in [-0.4, -0.2) is 31.7 Å². The molecule has 0 spiro atoms. The van der Waals surface area contributed by atoms with E-state index < -0.39 is 0 Å². The molecular formula is C15H19N5. The fraction of sp³-hybridized carbons (Fsp3) is 0.533. The molecule has 5 nitrogen and oxygen atoms in total. The second kappa shape index (κ2) is 4.98. The molecule has 4 rings (SSSR count). The molecule has 20 heavy (non-hydrogen) atoms. The van der Waals surface area contributed by atoms with Gasteiger partial charge in [0, 0.05) is 6.04 Å². The lowest BCUT2D eigenvalue weighted by Crippen LogP contribution is -2.24. The highest BCUT2D eigenvalue weighted by Gasteiger charge is 2.31. The van der Waals surface area contributed by atoms with Crippen molar-refractivity contribution in [2.75, 3.05) is 6.54 Å². The second-order valence-corrected chi connectivity index (χ2v) is 5.81. The molecule has 1 aromatic carbocycles. The maximum Gasteiger partial charge on any atom is 0.165 e. The molecule has 0 unspecified atom stereocenters. The Labute approximate surface area is 118 Å². The maximum atomic E-state index is 4.23. The quantitative estimate of drug-likeness (QED) is 0.854. The summed E-state index contributed by atoms with van der Waals surface area (Å²) in [5.41, 5.74) is 1.41. The monoisotopic (exact) mass is 269 g/mol. The Morgan fingerprint density at radius 3 is 2.75 bits per heavy atom. The standard InChI is InChI=1S/C15H19N5/c1-2-5-12(6-3-1)14-7-4-10-19(14)11-15-16-17-18-20(15)13-8-9-13/h1-3,5-6,13-14H,4,7-11H2/t14-/m0/s1. The first-order valence-electron chi connectivity index (χ1n) is 7.47. The molecule has 0 amide bonds. The molecule has 1 aromatic heterocycles. The molecule has 2 heterocycles. The molecule has 5 heteroatoms. The van der Waals surface area contributed by atoms with Gasteiger partial charge in [-0.15, -0.1) is 5.10 Å². The smallest absolute Gasteiger partial charge is 0.165 e. The number of rotatable bonds is 4. The highest BCUT2D eigenvalue weighted by Crippen LogP contribution is 2.36. The third-order valence-electron chi connectivity index (χ3n) is 4.35. The number of tetrazole rings is 1. The van der Waals surface area contributed by atoms with Crippen molar-refractivity contribution < 1.29 is 0 Å². The molecule has 1 saturated carbocycles. The number of benzene rings is 1. The molecule has 0 N–H and O–H groups in total. The van der Waals surface area contributed by atoms with Crippen LogP contribution in [0.25, 0.3) is 0 Å². The van der Waals surface area contributed by atoms with Gasteiger partial charge in [-0.25, -0.2) is 4.68 Å². The van der Waals surface area contributed by atoms with E-state index in [1.165, 1.54) is 31.2 Å². The van der Waals surface area contributed by atoms with Gasteiger partial charge in [0.1, 0.15) is 0 Å². The lowest BCUT2D eigenvalue weighted by Gasteiger charge is -2.24. The molecule has 1 atom stereocenters. The van der Waals surface area contributed by atoms with Crippen LogP contribution in [0.4, 0.5) is 0 Å². The van der Waals surface area contributed by atoms with Crippen molar-refractivity contribution in [3.8, 4) is 0 Å². The molecule has 1 aliphatic heterocycles. The zero-order valence-electron chi connectivity index (χ0n) is 11.5. The van der Waals surface area contributed by atoms with E-state index >= 15 is 0 Å². The Balaban J connectivity index is 1.54. The third kappa shape index (κ3) is 2.22. The van der Waals surface area contributed by atoms with Gasteiger partial charge in [-0.05, 0) is 48.2 Å². The molecule has 2 aromatic rings. The van der Waals surface area contributed by atoms with Crippen LogP contribution >= 0.6 is 0 Å². The van der Waals surface area contributed by atoms with Crippen molar-refractivity contribution in [1.29, 1.82) is 0 Å². The van der Waals surface area contributed by atoms with Crippen LogP contribution < -0.4 is 0 Å². The fourth-order valence-electron chi connectivity index (χ4n) is 3.17. The van der Waals surface area contributed by atoms with Crippen molar-refractivity contribution in [1.82, 2.24) is 25.1 Å². The summed E-state index contributed by atoms with van der Waals surface area (Å²) in [6, 6.07) is 11.9. The number of aromatic nitrogens is 4. The summed E-state index contributed by atoms with van der Waals surface area (Å²) in [6.07, 6.45) is 4.93. The number of likely N-dealkylation sites (tertiary alicyclic amines) is 1.